The number of carbonyl (C=O) groups is 2. The monoisotopic (exact) mass is 571 g/mol. The summed E-state index contributed by atoms with van der Waals surface area (Å²) in [6.07, 6.45) is 4.34. The molecule has 1 aliphatic carbocycles. The van der Waals surface area contributed by atoms with Gasteiger partial charge in [-0.3, -0.25) is 9.59 Å². The maximum absolute atomic E-state index is 13.3. The molecule has 5 atom stereocenters. The molecule has 0 bridgehead atoms. The van der Waals surface area contributed by atoms with Gasteiger partial charge in [0.15, 0.2) is 11.5 Å². The molecule has 11 heteroatoms. The fourth-order valence-corrected chi connectivity index (χ4v) is 7.30. The van der Waals surface area contributed by atoms with Crippen LogP contribution in [0.25, 0.3) is 0 Å². The zero-order chi connectivity index (χ0) is 27.4. The highest BCUT2D eigenvalue weighted by Gasteiger charge is 2.57. The summed E-state index contributed by atoms with van der Waals surface area (Å²) in [6, 6.07) is 1.71. The molecule has 7 nitrogen and oxygen atoms in total. The van der Waals surface area contributed by atoms with E-state index in [4.69, 9.17) is 21.1 Å². The number of halogens is 3. The Morgan fingerprint density at radius 2 is 1.95 bits per heavy atom. The molecule has 5 rings (SSSR count). The van der Waals surface area contributed by atoms with Gasteiger partial charge in [-0.05, 0) is 58.5 Å². The number of likely N-dealkylation sites (tertiary alicyclic amines) is 1. The first-order valence-electron chi connectivity index (χ1n) is 13.3. The molecule has 0 spiro atoms. The summed E-state index contributed by atoms with van der Waals surface area (Å²) < 4.78 is 39.3. The molecule has 2 N–H and O–H groups in total. The number of hydrogen-bond acceptors (Lipinski definition) is 6. The number of rotatable bonds is 7. The smallest absolute Gasteiger partial charge is 0.252 e. The van der Waals surface area contributed by atoms with Crippen LogP contribution in [0, 0.1) is 24.7 Å². The number of fused-ring (bicyclic) bond motifs is 1. The lowest BCUT2D eigenvalue weighted by Gasteiger charge is -2.38. The van der Waals surface area contributed by atoms with Crippen molar-refractivity contribution in [2.45, 2.75) is 69.5 Å². The van der Waals surface area contributed by atoms with Gasteiger partial charge in [-0.2, -0.15) is 11.8 Å². The van der Waals surface area contributed by atoms with Crippen molar-refractivity contribution in [1.82, 2.24) is 15.5 Å². The summed E-state index contributed by atoms with van der Waals surface area (Å²) in [6.45, 7) is 7.75. The highest BCUT2D eigenvalue weighted by Crippen LogP contribution is 2.52. The predicted octanol–water partition coefficient (Wildman–Crippen LogP) is 4.49. The molecule has 4 aliphatic rings. The van der Waals surface area contributed by atoms with E-state index in [0.717, 1.165) is 19.3 Å². The van der Waals surface area contributed by atoms with Crippen LogP contribution in [0.1, 0.15) is 55.5 Å². The Bertz CT molecular complexity index is 1120. The molecule has 3 aliphatic heterocycles. The molecule has 0 radical (unpaired) electrons. The second kappa shape index (κ2) is 10.3. The zero-order valence-electron chi connectivity index (χ0n) is 22.2. The van der Waals surface area contributed by atoms with E-state index in [2.05, 4.69) is 15.5 Å². The first-order chi connectivity index (χ1) is 17.9. The zero-order valence-corrected chi connectivity index (χ0v) is 23.8. The summed E-state index contributed by atoms with van der Waals surface area (Å²) in [5.41, 5.74) is 1.01. The van der Waals surface area contributed by atoms with Gasteiger partial charge in [0.05, 0.1) is 10.9 Å². The minimum absolute atomic E-state index is 0.00886. The largest absolute Gasteiger partial charge is 0.448 e. The van der Waals surface area contributed by atoms with Crippen LogP contribution in [-0.2, 0) is 4.79 Å². The summed E-state index contributed by atoms with van der Waals surface area (Å²) in [7, 11) is 0. The molecular formula is C27H36ClF2N3O4S. The third kappa shape index (κ3) is 5.32. The van der Waals surface area contributed by atoms with Gasteiger partial charge in [-0.1, -0.05) is 11.6 Å². The van der Waals surface area contributed by atoms with E-state index in [1.54, 1.807) is 24.8 Å². The third-order valence-corrected chi connectivity index (χ3v) is 10.0. The Morgan fingerprint density at radius 3 is 2.58 bits per heavy atom. The first-order valence-corrected chi connectivity index (χ1v) is 15.0. The second-order valence-corrected chi connectivity index (χ2v) is 12.9. The molecule has 1 aromatic rings. The Kier molecular flexibility index (Phi) is 7.54. The number of carbonyl (C=O) groups excluding carboxylic acids is 2. The topological polar surface area (TPSA) is 79.9 Å². The van der Waals surface area contributed by atoms with E-state index < -0.39 is 17.6 Å². The van der Waals surface area contributed by atoms with Gasteiger partial charge < -0.3 is 25.0 Å². The molecule has 1 aromatic carbocycles. The van der Waals surface area contributed by atoms with Crippen molar-refractivity contribution in [3.05, 3.63) is 22.2 Å². The standard InChI is InChI=1S/C27H36ClF2N3O4S/c1-14-9-21(38-4)19(25(35)32-14)12-31-24(34)18-10-20(28)23-22(15(18)2)36-26(3,37-23)16-5-7-33(8-6-16)13-17-11-27(17,29)30/h10,14,16-17,19,21H,5-9,11-13H2,1-4H3,(H,31,34)(H,32,35). The molecule has 210 valence electrons. The minimum Gasteiger partial charge on any atom is -0.448 e. The van der Waals surface area contributed by atoms with Crippen LogP contribution in [0.15, 0.2) is 6.07 Å². The average molecular weight is 572 g/mol. The maximum atomic E-state index is 13.3. The first kappa shape index (κ1) is 27.8. The molecule has 2 saturated heterocycles. The Morgan fingerprint density at radius 1 is 1.29 bits per heavy atom. The normalized spacial score (nSPS) is 32.7. The molecule has 3 fully saturated rings. The Balaban J connectivity index is 1.23. The molecule has 38 heavy (non-hydrogen) atoms. The van der Waals surface area contributed by atoms with E-state index >= 15 is 0 Å². The Labute approximate surface area is 231 Å². The summed E-state index contributed by atoms with van der Waals surface area (Å²) >= 11 is 8.22. The number of ether oxygens (including phenoxy) is 2. The number of benzene rings is 1. The lowest BCUT2D eigenvalue weighted by molar-refractivity contribution is -0.127. The lowest BCUT2D eigenvalue weighted by atomic mass is 9.89. The Hall–Kier alpha value is -1.78. The van der Waals surface area contributed by atoms with Crippen molar-refractivity contribution >= 4 is 35.2 Å². The van der Waals surface area contributed by atoms with Crippen molar-refractivity contribution < 1.29 is 27.8 Å². The lowest BCUT2D eigenvalue weighted by Crippen LogP contribution is -2.52. The van der Waals surface area contributed by atoms with Crippen LogP contribution in [0.5, 0.6) is 11.5 Å². The number of alkyl halides is 2. The van der Waals surface area contributed by atoms with Gasteiger partial charge in [-0.15, -0.1) is 0 Å². The van der Waals surface area contributed by atoms with Crippen LogP contribution in [-0.4, -0.2) is 72.2 Å². The van der Waals surface area contributed by atoms with Gasteiger partial charge >= 0.3 is 0 Å². The van der Waals surface area contributed by atoms with E-state index in [1.807, 2.05) is 20.1 Å². The van der Waals surface area contributed by atoms with Gasteiger partial charge in [0.2, 0.25) is 5.91 Å². The van der Waals surface area contributed by atoms with Crippen molar-refractivity contribution in [3.8, 4) is 11.5 Å². The number of nitrogens with zero attached hydrogens (tertiary/aromatic N) is 1. The van der Waals surface area contributed by atoms with E-state index in [-0.39, 0.29) is 47.9 Å². The molecule has 0 aromatic heterocycles. The van der Waals surface area contributed by atoms with Crippen molar-refractivity contribution in [3.63, 3.8) is 0 Å². The number of piperidine rings is 2. The second-order valence-electron chi connectivity index (χ2n) is 11.4. The van der Waals surface area contributed by atoms with Crippen molar-refractivity contribution in [1.29, 1.82) is 0 Å². The summed E-state index contributed by atoms with van der Waals surface area (Å²) in [5.74, 6) is -3.72. The highest BCUT2D eigenvalue weighted by molar-refractivity contribution is 7.99. The van der Waals surface area contributed by atoms with E-state index in [1.165, 1.54) is 0 Å². The number of nitrogens with one attached hydrogen (secondary N) is 2. The molecule has 5 unspecified atom stereocenters. The number of hydrogen-bond donors (Lipinski definition) is 2. The van der Waals surface area contributed by atoms with E-state index in [9.17, 15) is 18.4 Å². The van der Waals surface area contributed by atoms with Crippen LogP contribution >= 0.6 is 23.4 Å². The molecule has 1 saturated carbocycles. The molecule has 3 heterocycles. The van der Waals surface area contributed by atoms with Gasteiger partial charge in [0.25, 0.3) is 17.6 Å². The van der Waals surface area contributed by atoms with Crippen LogP contribution < -0.4 is 20.1 Å². The van der Waals surface area contributed by atoms with Gasteiger partial charge in [-0.25, -0.2) is 8.78 Å². The van der Waals surface area contributed by atoms with Crippen LogP contribution in [0.2, 0.25) is 5.02 Å². The number of thioether (sulfide) groups is 1. The summed E-state index contributed by atoms with van der Waals surface area (Å²) in [4.78, 5) is 27.9. The molecule has 2 amide bonds. The highest BCUT2D eigenvalue weighted by atomic mass is 35.5. The van der Waals surface area contributed by atoms with Crippen molar-refractivity contribution in [2.24, 2.45) is 17.8 Å². The third-order valence-electron chi connectivity index (χ3n) is 8.60. The maximum Gasteiger partial charge on any atom is 0.252 e. The molecular weight excluding hydrogens is 536 g/mol. The minimum atomic E-state index is -2.50. The van der Waals surface area contributed by atoms with E-state index in [0.29, 0.717) is 47.3 Å². The predicted molar refractivity (Wildman–Crippen MR) is 143 cm³/mol. The van der Waals surface area contributed by atoms with Gasteiger partial charge in [0.1, 0.15) is 0 Å². The summed E-state index contributed by atoms with van der Waals surface area (Å²) in [5, 5.41) is 6.32. The fourth-order valence-electron chi connectivity index (χ4n) is 6.04. The van der Waals surface area contributed by atoms with Crippen LogP contribution in [0.4, 0.5) is 8.78 Å². The van der Waals surface area contributed by atoms with Gasteiger partial charge in [0, 0.05) is 60.7 Å². The van der Waals surface area contributed by atoms with Crippen LogP contribution in [0.3, 0.4) is 0 Å². The SMILES string of the molecule is CSC1CC(C)NC(=O)C1CNC(=O)c1cc(Cl)c2c(c1C)OC(C)(C1CCN(CC3CC3(F)F)CC1)O2. The average Bonchev–Trinajstić information content (AvgIpc) is 3.28. The fraction of sp³-hybridized carbons (Fsp3) is 0.704. The number of amides is 2. The quantitative estimate of drug-likeness (QED) is 0.502. The van der Waals surface area contributed by atoms with Crippen molar-refractivity contribution in [2.75, 3.05) is 32.4 Å².